The van der Waals surface area contributed by atoms with Crippen LogP contribution >= 0.6 is 0 Å². The van der Waals surface area contributed by atoms with E-state index in [2.05, 4.69) is 10.3 Å². The molecule has 0 spiro atoms. The van der Waals surface area contributed by atoms with E-state index < -0.39 is 22.5 Å². The van der Waals surface area contributed by atoms with Gasteiger partial charge in [0.1, 0.15) is 17.1 Å². The average molecular weight is 574 g/mol. The lowest BCUT2D eigenvalue weighted by Crippen LogP contribution is -2.45. The molecule has 42 heavy (non-hydrogen) atoms. The maximum Gasteiger partial charge on any atom is 0.267 e. The van der Waals surface area contributed by atoms with Crippen LogP contribution in [0.25, 0.3) is 10.9 Å². The Morgan fingerprint density at radius 2 is 1.79 bits per heavy atom. The van der Waals surface area contributed by atoms with Gasteiger partial charge in [0.05, 0.1) is 24.3 Å². The van der Waals surface area contributed by atoms with Crippen LogP contribution in [0.1, 0.15) is 56.4 Å². The van der Waals surface area contributed by atoms with Gasteiger partial charge in [0, 0.05) is 56.1 Å². The predicted molar refractivity (Wildman–Crippen MR) is 167 cm³/mol. The monoisotopic (exact) mass is 573 g/mol. The van der Waals surface area contributed by atoms with Crippen molar-refractivity contribution < 1.29 is 14.6 Å². The molecule has 0 saturated carbocycles. The summed E-state index contributed by atoms with van der Waals surface area (Å²) >= 11 is 0. The van der Waals surface area contributed by atoms with Gasteiger partial charge in [0.2, 0.25) is 0 Å². The Morgan fingerprint density at radius 1 is 1.07 bits per heavy atom. The zero-order valence-electron chi connectivity index (χ0n) is 25.8. The second-order valence-electron chi connectivity index (χ2n) is 12.2. The number of nitrogens with zero attached hydrogens (tertiary/aromatic N) is 4. The number of pyridine rings is 1. The molecule has 0 aliphatic rings. The maximum atomic E-state index is 14.2. The number of aromatic nitrogens is 3. The summed E-state index contributed by atoms with van der Waals surface area (Å²) in [6, 6.07) is 14.8. The van der Waals surface area contributed by atoms with Gasteiger partial charge in [-0.1, -0.05) is 51.1 Å². The van der Waals surface area contributed by atoms with Gasteiger partial charge in [0.25, 0.3) is 11.5 Å². The van der Waals surface area contributed by atoms with Gasteiger partial charge in [-0.3, -0.25) is 9.59 Å². The molecule has 224 valence electrons. The number of hydrogen-bond acceptors (Lipinski definition) is 6. The van der Waals surface area contributed by atoms with Crippen LogP contribution in [-0.4, -0.2) is 50.4 Å². The van der Waals surface area contributed by atoms with E-state index in [1.165, 1.54) is 4.57 Å². The molecule has 0 atom stereocenters. The number of aromatic hydroxyl groups is 1. The highest BCUT2D eigenvalue weighted by atomic mass is 16.5. The van der Waals surface area contributed by atoms with E-state index in [0.717, 1.165) is 11.4 Å². The molecule has 9 nitrogen and oxygen atoms in total. The molecule has 2 heterocycles. The van der Waals surface area contributed by atoms with Gasteiger partial charge in [0.15, 0.2) is 0 Å². The number of aryl methyl sites for hydroxylation is 3. The van der Waals surface area contributed by atoms with Crippen LogP contribution in [0.5, 0.6) is 5.75 Å². The third-order valence-corrected chi connectivity index (χ3v) is 7.58. The third kappa shape index (κ3) is 6.74. The number of rotatable bonds is 12. The molecule has 0 unspecified atom stereocenters. The lowest BCUT2D eigenvalue weighted by atomic mass is 9.92. The molecule has 0 bridgehead atoms. The zero-order valence-corrected chi connectivity index (χ0v) is 25.8. The number of anilines is 1. The molecule has 0 aliphatic heterocycles. The first-order valence-corrected chi connectivity index (χ1v) is 14.4. The van der Waals surface area contributed by atoms with E-state index >= 15 is 0 Å². The Hall–Kier alpha value is -3.95. The summed E-state index contributed by atoms with van der Waals surface area (Å²) in [6.45, 7) is 12.0. The summed E-state index contributed by atoms with van der Waals surface area (Å²) in [6.07, 6.45) is 4.34. The van der Waals surface area contributed by atoms with Crippen LogP contribution in [0.2, 0.25) is 0 Å². The largest absolute Gasteiger partial charge is 0.506 e. The fraction of sp³-hybridized carbons (Fsp3) is 0.424. The molecular weight excluding hydrogens is 530 g/mol. The Bertz CT molecular complexity index is 1600. The lowest BCUT2D eigenvalue weighted by molar-refractivity contribution is -0.0513. The van der Waals surface area contributed by atoms with Gasteiger partial charge in [-0.05, 0) is 44.0 Å². The molecule has 1 amide bonds. The summed E-state index contributed by atoms with van der Waals surface area (Å²) in [5.74, 6) is 0.124. The van der Waals surface area contributed by atoms with E-state index in [0.29, 0.717) is 42.7 Å². The highest BCUT2D eigenvalue weighted by Crippen LogP contribution is 2.32. The SMILES string of the molecule is CCc1cccc2c1c(O)c(C(=O)N(CC(C)(C)COC(C)(C)CNCc1nccn1C)c1ccccc1)c(=O)n2C. The van der Waals surface area contributed by atoms with Gasteiger partial charge >= 0.3 is 0 Å². The first kappa shape index (κ1) is 31.0. The van der Waals surface area contributed by atoms with Gasteiger partial charge in [-0.25, -0.2) is 4.98 Å². The molecular formula is C33H43N5O4. The van der Waals surface area contributed by atoms with Crippen LogP contribution in [-0.2, 0) is 31.8 Å². The molecule has 0 radical (unpaired) electrons. The van der Waals surface area contributed by atoms with Crippen LogP contribution < -0.4 is 15.8 Å². The van der Waals surface area contributed by atoms with Crippen LogP contribution in [0.3, 0.4) is 0 Å². The van der Waals surface area contributed by atoms with Crippen molar-refractivity contribution >= 4 is 22.5 Å². The molecule has 4 aromatic rings. The van der Waals surface area contributed by atoms with E-state index in [1.807, 2.05) is 94.9 Å². The molecule has 2 N–H and O–H groups in total. The Morgan fingerprint density at radius 3 is 2.43 bits per heavy atom. The number of carbonyl (C=O) groups excluding carboxylic acids is 1. The molecule has 0 fully saturated rings. The summed E-state index contributed by atoms with van der Waals surface area (Å²) in [5, 5.41) is 15.4. The predicted octanol–water partition coefficient (Wildman–Crippen LogP) is 4.80. The number of carbonyl (C=O) groups is 1. The number of para-hydroxylation sites is 1. The van der Waals surface area contributed by atoms with E-state index in [9.17, 15) is 14.7 Å². The van der Waals surface area contributed by atoms with Crippen molar-refractivity contribution in [2.24, 2.45) is 19.5 Å². The molecule has 0 aliphatic carbocycles. The van der Waals surface area contributed by atoms with Crippen molar-refractivity contribution in [3.05, 3.63) is 88.2 Å². The Kier molecular flexibility index (Phi) is 9.23. The second kappa shape index (κ2) is 12.5. The quantitative estimate of drug-likeness (QED) is 0.253. The topological polar surface area (TPSA) is 102 Å². The van der Waals surface area contributed by atoms with E-state index in [4.69, 9.17) is 4.74 Å². The van der Waals surface area contributed by atoms with Crippen molar-refractivity contribution in [1.82, 2.24) is 19.4 Å². The van der Waals surface area contributed by atoms with Crippen LogP contribution in [0.15, 0.2) is 65.7 Å². The first-order valence-electron chi connectivity index (χ1n) is 14.4. The number of nitrogens with one attached hydrogen (secondary N) is 1. The number of ether oxygens (including phenoxy) is 1. The zero-order chi connectivity index (χ0) is 30.7. The van der Waals surface area contributed by atoms with E-state index in [-0.39, 0.29) is 17.9 Å². The molecule has 0 saturated heterocycles. The average Bonchev–Trinajstić information content (AvgIpc) is 3.38. The summed E-state index contributed by atoms with van der Waals surface area (Å²) in [4.78, 5) is 33.7. The molecule has 2 aromatic carbocycles. The lowest BCUT2D eigenvalue weighted by Gasteiger charge is -2.36. The summed E-state index contributed by atoms with van der Waals surface area (Å²) in [7, 11) is 3.60. The minimum atomic E-state index is -0.545. The maximum absolute atomic E-state index is 14.2. The van der Waals surface area contributed by atoms with Crippen molar-refractivity contribution in [3.63, 3.8) is 0 Å². The normalized spacial score (nSPS) is 12.2. The van der Waals surface area contributed by atoms with Gasteiger partial charge < -0.3 is 29.2 Å². The van der Waals surface area contributed by atoms with Gasteiger partial charge in [-0.2, -0.15) is 0 Å². The molecule has 2 aromatic heterocycles. The van der Waals surface area contributed by atoms with Crippen molar-refractivity contribution in [3.8, 4) is 5.75 Å². The van der Waals surface area contributed by atoms with Gasteiger partial charge in [-0.15, -0.1) is 0 Å². The smallest absolute Gasteiger partial charge is 0.267 e. The fourth-order valence-electron chi connectivity index (χ4n) is 5.11. The standard InChI is InChI=1S/C33H43N5O4/c1-8-23-13-12-16-25-27(23)29(39)28(30(40)37(25)7)31(41)38(24-14-10-9-11-15-24)21-32(2,3)22-42-33(4,5)20-34-19-26-35-17-18-36(26)6/h9-18,34,39H,8,19-22H2,1-7H3. The fourth-order valence-corrected chi connectivity index (χ4v) is 5.11. The van der Waals surface area contributed by atoms with E-state index in [1.54, 1.807) is 24.2 Å². The Balaban J connectivity index is 1.59. The van der Waals surface area contributed by atoms with Crippen molar-refractivity contribution in [1.29, 1.82) is 0 Å². The highest BCUT2D eigenvalue weighted by molar-refractivity contribution is 6.10. The Labute approximate surface area is 247 Å². The first-order chi connectivity index (χ1) is 19.8. The van der Waals surface area contributed by atoms with Crippen molar-refractivity contribution in [2.75, 3.05) is 24.6 Å². The molecule has 4 rings (SSSR count). The molecule has 9 heteroatoms. The highest BCUT2D eigenvalue weighted by Gasteiger charge is 2.33. The summed E-state index contributed by atoms with van der Waals surface area (Å²) < 4.78 is 9.80. The number of fused-ring (bicyclic) bond motifs is 1. The van der Waals surface area contributed by atoms with Crippen LogP contribution in [0, 0.1) is 5.41 Å². The number of benzene rings is 2. The van der Waals surface area contributed by atoms with Crippen molar-refractivity contribution in [2.45, 2.75) is 53.2 Å². The second-order valence-corrected chi connectivity index (χ2v) is 12.2. The van der Waals surface area contributed by atoms with Crippen LogP contribution in [0.4, 0.5) is 5.69 Å². The summed E-state index contributed by atoms with van der Waals surface area (Å²) in [5.41, 5.74) is 0.359. The minimum Gasteiger partial charge on any atom is -0.506 e. The number of hydrogen-bond donors (Lipinski definition) is 2. The number of amides is 1. The number of imidazole rings is 1. The minimum absolute atomic E-state index is 0.231. The third-order valence-electron chi connectivity index (χ3n) is 7.58.